The molecule has 0 rings (SSSR count). The third-order valence-corrected chi connectivity index (χ3v) is 2.27. The minimum Gasteiger partial charge on any atom is -0.726 e. The standard InChI is InChI=1S/C7H14N2O.C4H10O4S/c1-4-6(8)9-7(10)5(2)3;1-4(2,3)8-9(5,6)7/h6H,2,4,8H2,1,3H3,(H,9,10);1-3H3,(H,5,6,7). The lowest BCUT2D eigenvalue weighted by molar-refractivity contribution is -0.426. The SMILES string of the molecule is C=C(C)C(=O)NC([NH3+])CC.CC(C)(C)OS(=O)(=O)[O-]. The summed E-state index contributed by atoms with van der Waals surface area (Å²) in [5.74, 6) is -0.109. The van der Waals surface area contributed by atoms with E-state index < -0.39 is 16.0 Å². The van der Waals surface area contributed by atoms with Gasteiger partial charge in [-0.15, -0.1) is 0 Å². The number of quaternary nitrogens is 1. The fraction of sp³-hybridized carbons (Fsp3) is 0.727. The molecule has 0 spiro atoms. The summed E-state index contributed by atoms with van der Waals surface area (Å²) in [7, 11) is -4.53. The second-order valence-electron chi connectivity index (χ2n) is 4.96. The Morgan fingerprint density at radius 1 is 1.47 bits per heavy atom. The average molecular weight is 296 g/mol. The molecule has 1 amide bonds. The highest BCUT2D eigenvalue weighted by atomic mass is 32.3. The second kappa shape index (κ2) is 8.26. The van der Waals surface area contributed by atoms with Crippen molar-refractivity contribution in [3.8, 4) is 0 Å². The molecule has 0 bridgehead atoms. The smallest absolute Gasteiger partial charge is 0.250 e. The molecule has 0 saturated heterocycles. The summed E-state index contributed by atoms with van der Waals surface area (Å²) in [4.78, 5) is 10.9. The summed E-state index contributed by atoms with van der Waals surface area (Å²) in [6.45, 7) is 11.6. The quantitative estimate of drug-likeness (QED) is 0.325. The van der Waals surface area contributed by atoms with Gasteiger partial charge in [-0.2, -0.15) is 0 Å². The zero-order valence-corrected chi connectivity index (χ0v) is 13.0. The molecule has 19 heavy (non-hydrogen) atoms. The van der Waals surface area contributed by atoms with E-state index >= 15 is 0 Å². The number of carbonyl (C=O) groups is 1. The molecule has 0 aliphatic carbocycles. The first-order valence-corrected chi connectivity index (χ1v) is 7.07. The van der Waals surface area contributed by atoms with E-state index in [9.17, 15) is 17.8 Å². The number of hydrogen-bond acceptors (Lipinski definition) is 5. The van der Waals surface area contributed by atoms with E-state index in [1.54, 1.807) is 6.92 Å². The lowest BCUT2D eigenvalue weighted by atomic mass is 10.2. The van der Waals surface area contributed by atoms with Gasteiger partial charge in [-0.25, -0.2) is 8.42 Å². The molecule has 0 heterocycles. The van der Waals surface area contributed by atoms with Crippen LogP contribution >= 0.6 is 0 Å². The molecule has 0 aromatic carbocycles. The first kappa shape index (κ1) is 20.4. The molecule has 8 heteroatoms. The van der Waals surface area contributed by atoms with E-state index in [0.717, 1.165) is 6.42 Å². The minimum absolute atomic E-state index is 0.00389. The maximum Gasteiger partial charge on any atom is 0.250 e. The second-order valence-corrected chi connectivity index (χ2v) is 5.95. The predicted octanol–water partition coefficient (Wildman–Crippen LogP) is -0.0816. The molecule has 0 fully saturated rings. The molecule has 0 aliphatic heterocycles. The van der Waals surface area contributed by atoms with Gasteiger partial charge < -0.3 is 15.6 Å². The van der Waals surface area contributed by atoms with Gasteiger partial charge in [0.05, 0.1) is 5.60 Å². The van der Waals surface area contributed by atoms with Gasteiger partial charge in [-0.1, -0.05) is 13.5 Å². The third-order valence-electron chi connectivity index (χ3n) is 1.57. The van der Waals surface area contributed by atoms with Crippen molar-refractivity contribution in [3.63, 3.8) is 0 Å². The Morgan fingerprint density at radius 2 is 1.89 bits per heavy atom. The summed E-state index contributed by atoms with van der Waals surface area (Å²) in [6, 6.07) is 0. The van der Waals surface area contributed by atoms with Crippen molar-refractivity contribution in [2.24, 2.45) is 0 Å². The molecule has 0 aromatic heterocycles. The molecular formula is C11H24N2O5S. The van der Waals surface area contributed by atoms with Gasteiger partial charge in [0, 0.05) is 12.0 Å². The van der Waals surface area contributed by atoms with Crippen molar-refractivity contribution in [2.75, 3.05) is 0 Å². The Morgan fingerprint density at radius 3 is 2.05 bits per heavy atom. The van der Waals surface area contributed by atoms with Crippen LogP contribution in [0.2, 0.25) is 0 Å². The fourth-order valence-corrected chi connectivity index (χ4v) is 1.33. The molecule has 7 nitrogen and oxygen atoms in total. The van der Waals surface area contributed by atoms with Crippen LogP contribution < -0.4 is 11.1 Å². The molecule has 0 aliphatic rings. The normalized spacial score (nSPS) is 13.0. The molecule has 0 saturated carbocycles. The lowest BCUT2D eigenvalue weighted by Crippen LogP contribution is -2.68. The van der Waals surface area contributed by atoms with Gasteiger partial charge in [-0.3, -0.25) is 8.98 Å². The Bertz CT molecular complexity index is 398. The van der Waals surface area contributed by atoms with Crippen molar-refractivity contribution in [3.05, 3.63) is 12.2 Å². The topological polar surface area (TPSA) is 123 Å². The summed E-state index contributed by atoms with van der Waals surface area (Å²) in [5.41, 5.74) is 3.32. The van der Waals surface area contributed by atoms with Crippen LogP contribution in [-0.2, 0) is 19.4 Å². The van der Waals surface area contributed by atoms with Crippen molar-refractivity contribution in [2.45, 2.75) is 52.8 Å². The zero-order valence-electron chi connectivity index (χ0n) is 12.1. The maximum atomic E-state index is 10.9. The van der Waals surface area contributed by atoms with Crippen molar-refractivity contribution in [1.82, 2.24) is 5.32 Å². The fourth-order valence-electron chi connectivity index (χ4n) is 0.717. The Hall–Kier alpha value is -0.960. The maximum absolute atomic E-state index is 10.9. The summed E-state index contributed by atoms with van der Waals surface area (Å²) >= 11 is 0. The van der Waals surface area contributed by atoms with Crippen LogP contribution in [0.15, 0.2) is 12.2 Å². The van der Waals surface area contributed by atoms with E-state index in [-0.39, 0.29) is 12.1 Å². The third kappa shape index (κ3) is 17.0. The predicted molar refractivity (Wildman–Crippen MR) is 70.5 cm³/mol. The highest BCUT2D eigenvalue weighted by Gasteiger charge is 2.13. The number of hydrogen-bond donors (Lipinski definition) is 2. The van der Waals surface area contributed by atoms with Crippen LogP contribution in [0.3, 0.4) is 0 Å². The summed E-state index contributed by atoms with van der Waals surface area (Å²) in [5, 5.41) is 2.68. The van der Waals surface area contributed by atoms with E-state index in [1.165, 1.54) is 20.8 Å². The lowest BCUT2D eigenvalue weighted by Gasteiger charge is -2.20. The van der Waals surface area contributed by atoms with E-state index in [2.05, 4.69) is 21.8 Å². The van der Waals surface area contributed by atoms with Gasteiger partial charge >= 0.3 is 0 Å². The van der Waals surface area contributed by atoms with Crippen LogP contribution in [0, 0.1) is 0 Å². The zero-order chi connectivity index (χ0) is 15.9. The first-order chi connectivity index (χ1) is 8.28. The van der Waals surface area contributed by atoms with Crippen LogP contribution in [0.5, 0.6) is 0 Å². The van der Waals surface area contributed by atoms with Crippen LogP contribution in [-0.4, -0.2) is 30.6 Å². The molecule has 1 atom stereocenters. The summed E-state index contributed by atoms with van der Waals surface area (Å²) < 4.78 is 33.6. The molecule has 114 valence electrons. The van der Waals surface area contributed by atoms with Crippen molar-refractivity contribution >= 4 is 16.3 Å². The Kier molecular flexibility index (Phi) is 8.85. The number of rotatable bonds is 4. The van der Waals surface area contributed by atoms with Gasteiger partial charge in [0.15, 0.2) is 6.17 Å². The molecule has 4 N–H and O–H groups in total. The average Bonchev–Trinajstić information content (AvgIpc) is 2.12. The number of nitrogens with one attached hydrogen (secondary N) is 1. The highest BCUT2D eigenvalue weighted by Crippen LogP contribution is 2.09. The number of carbonyl (C=O) groups excluding carboxylic acids is 1. The number of amides is 1. The molecule has 0 radical (unpaired) electrons. The minimum atomic E-state index is -4.53. The van der Waals surface area contributed by atoms with Gasteiger partial charge in [-0.05, 0) is 27.7 Å². The summed E-state index contributed by atoms with van der Waals surface area (Å²) in [6.07, 6.45) is 0.850. The van der Waals surface area contributed by atoms with Crippen LogP contribution in [0.4, 0.5) is 0 Å². The molecule has 0 aromatic rings. The van der Waals surface area contributed by atoms with Crippen molar-refractivity contribution < 1.29 is 27.7 Å². The highest BCUT2D eigenvalue weighted by molar-refractivity contribution is 7.80. The van der Waals surface area contributed by atoms with Crippen LogP contribution in [0.1, 0.15) is 41.0 Å². The molecule has 1 unspecified atom stereocenters. The van der Waals surface area contributed by atoms with E-state index in [1.807, 2.05) is 6.92 Å². The first-order valence-electron chi connectivity index (χ1n) is 5.74. The van der Waals surface area contributed by atoms with Crippen molar-refractivity contribution in [1.29, 1.82) is 0 Å². The van der Waals surface area contributed by atoms with E-state index in [0.29, 0.717) is 5.57 Å². The molecular weight excluding hydrogens is 272 g/mol. The Labute approximate surface area is 115 Å². The van der Waals surface area contributed by atoms with Crippen LogP contribution in [0.25, 0.3) is 0 Å². The Balaban J connectivity index is 0. The van der Waals surface area contributed by atoms with Gasteiger partial charge in [0.2, 0.25) is 10.4 Å². The van der Waals surface area contributed by atoms with Gasteiger partial charge in [0.25, 0.3) is 5.91 Å². The van der Waals surface area contributed by atoms with Gasteiger partial charge in [0.1, 0.15) is 0 Å². The van der Waals surface area contributed by atoms with E-state index in [4.69, 9.17) is 0 Å². The monoisotopic (exact) mass is 296 g/mol. The largest absolute Gasteiger partial charge is 0.726 e.